The topological polar surface area (TPSA) is 26.8 Å². The van der Waals surface area contributed by atoms with Crippen LogP contribution in [0, 0.1) is 11.3 Å². The van der Waals surface area contributed by atoms with Gasteiger partial charge in [-0.3, -0.25) is 9.69 Å². The smallest absolute Gasteiger partial charge is 0.222 e. The van der Waals surface area contributed by atoms with E-state index in [1.807, 2.05) is 0 Å². The molecule has 1 unspecified atom stereocenters. The zero-order chi connectivity index (χ0) is 17.2. The second kappa shape index (κ2) is 7.74. The lowest BCUT2D eigenvalue weighted by molar-refractivity contribution is -0.131. The molecule has 3 rings (SSSR count). The summed E-state index contributed by atoms with van der Waals surface area (Å²) in [7, 11) is 0. The molecule has 0 aromatic carbocycles. The number of carbonyl (C=O) groups is 1. The third kappa shape index (κ3) is 4.51. The van der Waals surface area contributed by atoms with Gasteiger partial charge in [-0.1, -0.05) is 20.8 Å². The van der Waals surface area contributed by atoms with E-state index >= 15 is 0 Å². The first-order valence-corrected chi connectivity index (χ1v) is 10.2. The molecule has 138 valence electrons. The van der Waals surface area contributed by atoms with Gasteiger partial charge >= 0.3 is 0 Å². The Hall–Kier alpha value is -0.610. The maximum absolute atomic E-state index is 12.7. The lowest BCUT2D eigenvalue weighted by Gasteiger charge is -2.37. The number of rotatable bonds is 4. The summed E-state index contributed by atoms with van der Waals surface area (Å²) in [6.45, 7) is 14.9. The molecule has 2 aliphatic heterocycles. The predicted molar refractivity (Wildman–Crippen MR) is 99.0 cm³/mol. The zero-order valence-corrected chi connectivity index (χ0v) is 16.1. The molecule has 0 aromatic rings. The van der Waals surface area contributed by atoms with Crippen LogP contribution in [-0.4, -0.2) is 72.5 Å². The summed E-state index contributed by atoms with van der Waals surface area (Å²) >= 11 is 0. The normalized spacial score (nSPS) is 30.0. The van der Waals surface area contributed by atoms with E-state index in [0.29, 0.717) is 23.3 Å². The second-order valence-corrected chi connectivity index (χ2v) is 9.06. The first-order chi connectivity index (χ1) is 11.5. The van der Waals surface area contributed by atoms with Crippen LogP contribution in [0.5, 0.6) is 0 Å². The third-order valence-corrected chi connectivity index (χ3v) is 6.81. The molecule has 0 N–H and O–H groups in total. The van der Waals surface area contributed by atoms with Crippen molar-refractivity contribution in [2.75, 3.05) is 45.8 Å². The SMILES string of the molecule is CCN1CCN(C2CCN(C(=O)CC3CCC(C)(C)CC3)C2)CC1. The van der Waals surface area contributed by atoms with E-state index in [0.717, 1.165) is 19.5 Å². The van der Waals surface area contributed by atoms with E-state index < -0.39 is 0 Å². The van der Waals surface area contributed by atoms with Gasteiger partial charge in [0.05, 0.1) is 0 Å². The molecule has 1 atom stereocenters. The molecule has 0 radical (unpaired) electrons. The van der Waals surface area contributed by atoms with Crippen molar-refractivity contribution in [1.82, 2.24) is 14.7 Å². The molecule has 2 saturated heterocycles. The highest BCUT2D eigenvalue weighted by Gasteiger charge is 2.34. The number of carbonyl (C=O) groups excluding carboxylic acids is 1. The molecule has 4 heteroatoms. The van der Waals surface area contributed by atoms with Gasteiger partial charge in [-0.2, -0.15) is 0 Å². The number of piperazine rings is 1. The molecule has 0 aromatic heterocycles. The van der Waals surface area contributed by atoms with Gasteiger partial charge in [0.15, 0.2) is 0 Å². The van der Waals surface area contributed by atoms with Crippen molar-refractivity contribution in [2.45, 2.75) is 65.3 Å². The van der Waals surface area contributed by atoms with Gasteiger partial charge in [0.1, 0.15) is 0 Å². The zero-order valence-electron chi connectivity index (χ0n) is 16.1. The Balaban J connectivity index is 1.41. The molecule has 3 fully saturated rings. The van der Waals surface area contributed by atoms with Gasteiger partial charge in [0, 0.05) is 51.7 Å². The van der Waals surface area contributed by atoms with Crippen molar-refractivity contribution >= 4 is 5.91 Å². The fourth-order valence-electron chi connectivity index (χ4n) is 4.75. The van der Waals surface area contributed by atoms with E-state index in [1.54, 1.807) is 0 Å². The van der Waals surface area contributed by atoms with Crippen molar-refractivity contribution in [2.24, 2.45) is 11.3 Å². The van der Waals surface area contributed by atoms with E-state index in [4.69, 9.17) is 0 Å². The molecule has 1 saturated carbocycles. The van der Waals surface area contributed by atoms with Crippen LogP contribution in [0.1, 0.15) is 59.3 Å². The molecule has 0 bridgehead atoms. The molecular weight excluding hydrogens is 298 g/mol. The Morgan fingerprint density at radius 1 is 1.00 bits per heavy atom. The summed E-state index contributed by atoms with van der Waals surface area (Å²) in [6, 6.07) is 0.609. The molecule has 0 spiro atoms. The summed E-state index contributed by atoms with van der Waals surface area (Å²) in [5.41, 5.74) is 0.499. The van der Waals surface area contributed by atoms with E-state index in [1.165, 1.54) is 64.8 Å². The Bertz CT molecular complexity index is 419. The molecule has 4 nitrogen and oxygen atoms in total. The van der Waals surface area contributed by atoms with E-state index in [9.17, 15) is 4.79 Å². The molecule has 3 aliphatic rings. The second-order valence-electron chi connectivity index (χ2n) is 9.06. The van der Waals surface area contributed by atoms with Crippen LogP contribution >= 0.6 is 0 Å². The van der Waals surface area contributed by atoms with Gasteiger partial charge in [-0.15, -0.1) is 0 Å². The summed E-state index contributed by atoms with van der Waals surface area (Å²) in [4.78, 5) is 20.0. The van der Waals surface area contributed by atoms with Crippen molar-refractivity contribution in [3.63, 3.8) is 0 Å². The molecule has 2 heterocycles. The first kappa shape index (κ1) is 18.2. The number of nitrogens with zero attached hydrogens (tertiary/aromatic N) is 3. The minimum atomic E-state index is 0.425. The fourth-order valence-corrected chi connectivity index (χ4v) is 4.75. The highest BCUT2D eigenvalue weighted by atomic mass is 16.2. The van der Waals surface area contributed by atoms with Crippen LogP contribution in [0.25, 0.3) is 0 Å². The van der Waals surface area contributed by atoms with Crippen LogP contribution in [0.4, 0.5) is 0 Å². The number of likely N-dealkylation sites (tertiary alicyclic amines) is 1. The number of amides is 1. The Kier molecular flexibility index (Phi) is 5.86. The number of hydrogen-bond acceptors (Lipinski definition) is 3. The lowest BCUT2D eigenvalue weighted by Crippen LogP contribution is -2.51. The van der Waals surface area contributed by atoms with Gasteiger partial charge < -0.3 is 9.80 Å². The fraction of sp³-hybridized carbons (Fsp3) is 0.950. The minimum Gasteiger partial charge on any atom is -0.341 e. The summed E-state index contributed by atoms with van der Waals surface area (Å²) in [6.07, 6.45) is 7.04. The Morgan fingerprint density at radius 3 is 2.29 bits per heavy atom. The van der Waals surface area contributed by atoms with E-state index in [-0.39, 0.29) is 0 Å². The van der Waals surface area contributed by atoms with Crippen molar-refractivity contribution in [3.05, 3.63) is 0 Å². The Labute approximate surface area is 148 Å². The summed E-state index contributed by atoms with van der Waals surface area (Å²) < 4.78 is 0. The quantitative estimate of drug-likeness (QED) is 0.790. The van der Waals surface area contributed by atoms with Gasteiger partial charge in [-0.05, 0) is 50.0 Å². The standard InChI is InChI=1S/C20H37N3O/c1-4-21-11-13-22(14-12-21)18-7-10-23(16-18)19(24)15-17-5-8-20(2,3)9-6-17/h17-18H,4-16H2,1-3H3. The lowest BCUT2D eigenvalue weighted by atomic mass is 9.72. The van der Waals surface area contributed by atoms with Gasteiger partial charge in [0.2, 0.25) is 5.91 Å². The largest absolute Gasteiger partial charge is 0.341 e. The molecular formula is C20H37N3O. The summed E-state index contributed by atoms with van der Waals surface area (Å²) in [5.74, 6) is 1.06. The van der Waals surface area contributed by atoms with Crippen LogP contribution < -0.4 is 0 Å². The maximum Gasteiger partial charge on any atom is 0.222 e. The minimum absolute atomic E-state index is 0.425. The van der Waals surface area contributed by atoms with Crippen LogP contribution in [0.15, 0.2) is 0 Å². The van der Waals surface area contributed by atoms with Crippen LogP contribution in [0.2, 0.25) is 0 Å². The first-order valence-electron chi connectivity index (χ1n) is 10.2. The highest BCUT2D eigenvalue weighted by molar-refractivity contribution is 5.76. The van der Waals surface area contributed by atoms with Crippen molar-refractivity contribution in [1.29, 1.82) is 0 Å². The average molecular weight is 336 g/mol. The monoisotopic (exact) mass is 335 g/mol. The van der Waals surface area contributed by atoms with Crippen LogP contribution in [-0.2, 0) is 4.79 Å². The Morgan fingerprint density at radius 2 is 1.67 bits per heavy atom. The maximum atomic E-state index is 12.7. The highest BCUT2D eigenvalue weighted by Crippen LogP contribution is 2.39. The van der Waals surface area contributed by atoms with Gasteiger partial charge in [0.25, 0.3) is 0 Å². The average Bonchev–Trinajstić information content (AvgIpc) is 3.07. The molecule has 24 heavy (non-hydrogen) atoms. The molecule has 1 amide bonds. The van der Waals surface area contributed by atoms with Gasteiger partial charge in [-0.25, -0.2) is 0 Å². The predicted octanol–water partition coefficient (Wildman–Crippen LogP) is 2.83. The number of likely N-dealkylation sites (N-methyl/N-ethyl adjacent to an activating group) is 1. The van der Waals surface area contributed by atoms with Crippen LogP contribution in [0.3, 0.4) is 0 Å². The summed E-state index contributed by atoms with van der Waals surface area (Å²) in [5, 5.41) is 0. The molecule has 1 aliphatic carbocycles. The van der Waals surface area contributed by atoms with Crippen molar-refractivity contribution in [3.8, 4) is 0 Å². The number of hydrogen-bond donors (Lipinski definition) is 0. The van der Waals surface area contributed by atoms with Crippen molar-refractivity contribution < 1.29 is 4.79 Å². The third-order valence-electron chi connectivity index (χ3n) is 6.81. The van der Waals surface area contributed by atoms with E-state index in [2.05, 4.69) is 35.5 Å².